The average Bonchev–Trinajstić information content (AvgIpc) is 2.38. The van der Waals surface area contributed by atoms with Gasteiger partial charge in [-0.3, -0.25) is 0 Å². The number of anilines is 1. The van der Waals surface area contributed by atoms with E-state index in [2.05, 4.69) is 26.0 Å². The molecule has 0 aliphatic heterocycles. The summed E-state index contributed by atoms with van der Waals surface area (Å²) in [6.07, 6.45) is -4.66. The molecule has 0 aliphatic rings. The van der Waals surface area contributed by atoms with Crippen LogP contribution in [0.3, 0.4) is 0 Å². The van der Waals surface area contributed by atoms with Crippen molar-refractivity contribution in [3.8, 4) is 5.75 Å². The summed E-state index contributed by atoms with van der Waals surface area (Å²) in [5, 5.41) is 3.24. The summed E-state index contributed by atoms with van der Waals surface area (Å²) in [7, 11) is 0. The Bertz CT molecular complexity index is 611. The molecule has 112 valence electrons. The highest BCUT2D eigenvalue weighted by molar-refractivity contribution is 9.10. The van der Waals surface area contributed by atoms with Crippen LogP contribution in [-0.2, 0) is 6.54 Å². The van der Waals surface area contributed by atoms with Gasteiger partial charge in [0.05, 0.1) is 0 Å². The minimum Gasteiger partial charge on any atom is -0.406 e. The van der Waals surface area contributed by atoms with Gasteiger partial charge >= 0.3 is 6.36 Å². The van der Waals surface area contributed by atoms with Crippen molar-refractivity contribution < 1.29 is 17.9 Å². The summed E-state index contributed by atoms with van der Waals surface area (Å²) >= 11 is 3.39. The number of aryl methyl sites for hydroxylation is 1. The molecule has 0 bridgehead atoms. The smallest absolute Gasteiger partial charge is 0.406 e. The topological polar surface area (TPSA) is 21.3 Å². The Morgan fingerprint density at radius 3 is 2.33 bits per heavy atom. The number of rotatable bonds is 4. The second-order valence-electron chi connectivity index (χ2n) is 4.50. The van der Waals surface area contributed by atoms with Crippen LogP contribution in [0.2, 0.25) is 0 Å². The van der Waals surface area contributed by atoms with Crippen molar-refractivity contribution in [2.75, 3.05) is 5.32 Å². The van der Waals surface area contributed by atoms with Gasteiger partial charge in [-0.2, -0.15) is 0 Å². The molecule has 21 heavy (non-hydrogen) atoms. The van der Waals surface area contributed by atoms with E-state index in [1.54, 1.807) is 12.1 Å². The number of nitrogens with one attached hydrogen (secondary N) is 1. The van der Waals surface area contributed by atoms with Gasteiger partial charge in [0, 0.05) is 16.7 Å². The van der Waals surface area contributed by atoms with Gasteiger partial charge in [0.1, 0.15) is 5.75 Å². The highest BCUT2D eigenvalue weighted by Gasteiger charge is 2.30. The molecule has 2 aromatic rings. The van der Waals surface area contributed by atoms with Gasteiger partial charge < -0.3 is 10.1 Å². The molecule has 0 saturated heterocycles. The van der Waals surface area contributed by atoms with Gasteiger partial charge in [-0.1, -0.05) is 28.1 Å². The van der Waals surface area contributed by atoms with Crippen LogP contribution in [0.4, 0.5) is 18.9 Å². The zero-order valence-corrected chi connectivity index (χ0v) is 12.8. The van der Waals surface area contributed by atoms with Crippen LogP contribution < -0.4 is 10.1 Å². The number of hydrogen-bond donors (Lipinski definition) is 1. The van der Waals surface area contributed by atoms with Crippen molar-refractivity contribution in [1.82, 2.24) is 0 Å². The van der Waals surface area contributed by atoms with Gasteiger partial charge in [0.15, 0.2) is 0 Å². The van der Waals surface area contributed by atoms with Crippen LogP contribution in [0.1, 0.15) is 11.1 Å². The highest BCUT2D eigenvalue weighted by Crippen LogP contribution is 2.24. The van der Waals surface area contributed by atoms with Crippen molar-refractivity contribution in [2.24, 2.45) is 0 Å². The maximum absolute atomic E-state index is 12.0. The largest absolute Gasteiger partial charge is 0.573 e. The van der Waals surface area contributed by atoms with Crippen molar-refractivity contribution in [3.05, 3.63) is 58.1 Å². The standard InChI is InChI=1S/C15H13BrF3NO/c1-10-8-12(16)4-7-14(10)20-9-11-2-5-13(6-3-11)21-15(17,18)19/h2-8,20H,9H2,1H3. The van der Waals surface area contributed by atoms with Crippen LogP contribution in [0, 0.1) is 6.92 Å². The molecule has 0 amide bonds. The summed E-state index contributed by atoms with van der Waals surface area (Å²) in [5.41, 5.74) is 2.93. The Balaban J connectivity index is 1.97. The average molecular weight is 360 g/mol. The van der Waals surface area contributed by atoms with Crippen LogP contribution >= 0.6 is 15.9 Å². The van der Waals surface area contributed by atoms with Crippen molar-refractivity contribution in [2.45, 2.75) is 19.8 Å². The van der Waals surface area contributed by atoms with Gasteiger partial charge in [0.25, 0.3) is 0 Å². The number of benzene rings is 2. The minimum atomic E-state index is -4.66. The van der Waals surface area contributed by atoms with E-state index in [-0.39, 0.29) is 5.75 Å². The van der Waals surface area contributed by atoms with E-state index >= 15 is 0 Å². The molecule has 2 aromatic carbocycles. The van der Waals surface area contributed by atoms with Crippen LogP contribution in [-0.4, -0.2) is 6.36 Å². The molecule has 0 atom stereocenters. The predicted molar refractivity (Wildman–Crippen MR) is 79.3 cm³/mol. The molecule has 2 rings (SSSR count). The summed E-state index contributed by atoms with van der Waals surface area (Å²) in [6, 6.07) is 11.7. The molecular formula is C15H13BrF3NO. The van der Waals surface area contributed by atoms with Gasteiger partial charge in [-0.15, -0.1) is 13.2 Å². The van der Waals surface area contributed by atoms with Crippen molar-refractivity contribution in [3.63, 3.8) is 0 Å². The van der Waals surface area contributed by atoms with E-state index in [9.17, 15) is 13.2 Å². The first-order chi connectivity index (χ1) is 9.83. The molecule has 6 heteroatoms. The molecule has 0 aromatic heterocycles. The molecule has 1 N–H and O–H groups in total. The Labute approximate surface area is 129 Å². The van der Waals surface area contributed by atoms with Gasteiger partial charge in [-0.05, 0) is 48.4 Å². The van der Waals surface area contributed by atoms with E-state index in [1.165, 1.54) is 12.1 Å². The monoisotopic (exact) mass is 359 g/mol. The second-order valence-corrected chi connectivity index (χ2v) is 5.42. The maximum Gasteiger partial charge on any atom is 0.573 e. The first-order valence-corrected chi connectivity index (χ1v) is 6.97. The molecule has 0 radical (unpaired) electrons. The zero-order valence-electron chi connectivity index (χ0n) is 11.2. The fraction of sp³-hybridized carbons (Fsp3) is 0.200. The first kappa shape index (κ1) is 15.7. The predicted octanol–water partition coefficient (Wildman–Crippen LogP) is 5.27. The SMILES string of the molecule is Cc1cc(Br)ccc1NCc1ccc(OC(F)(F)F)cc1. The third kappa shape index (κ3) is 4.97. The van der Waals surface area contributed by atoms with Gasteiger partial charge in [-0.25, -0.2) is 0 Å². The Morgan fingerprint density at radius 2 is 1.76 bits per heavy atom. The third-order valence-electron chi connectivity index (χ3n) is 2.83. The third-order valence-corrected chi connectivity index (χ3v) is 3.32. The lowest BCUT2D eigenvalue weighted by molar-refractivity contribution is -0.274. The first-order valence-electron chi connectivity index (χ1n) is 6.18. The number of halogens is 4. The Morgan fingerprint density at radius 1 is 1.10 bits per heavy atom. The molecule has 2 nitrogen and oxygen atoms in total. The summed E-state index contributed by atoms with van der Waals surface area (Å²) in [5.74, 6) is -0.217. The van der Waals surface area contributed by atoms with Crippen molar-refractivity contribution in [1.29, 1.82) is 0 Å². The van der Waals surface area contributed by atoms with E-state index in [4.69, 9.17) is 0 Å². The van der Waals surface area contributed by atoms with E-state index in [0.717, 1.165) is 21.3 Å². The lowest BCUT2D eigenvalue weighted by Gasteiger charge is -2.11. The van der Waals surface area contributed by atoms with Gasteiger partial charge in [0.2, 0.25) is 0 Å². The quantitative estimate of drug-likeness (QED) is 0.802. The van der Waals surface area contributed by atoms with Crippen LogP contribution in [0.15, 0.2) is 46.9 Å². The molecule has 0 saturated carbocycles. The van der Waals surface area contributed by atoms with E-state index < -0.39 is 6.36 Å². The Hall–Kier alpha value is -1.69. The maximum atomic E-state index is 12.0. The number of alkyl halides is 3. The van der Waals surface area contributed by atoms with Crippen LogP contribution in [0.25, 0.3) is 0 Å². The molecule has 0 fully saturated rings. The summed E-state index contributed by atoms with van der Waals surface area (Å²) in [6.45, 7) is 2.50. The molecular weight excluding hydrogens is 347 g/mol. The summed E-state index contributed by atoms with van der Waals surface area (Å²) in [4.78, 5) is 0. The normalized spacial score (nSPS) is 11.3. The Kier molecular flexibility index (Phi) is 4.77. The number of ether oxygens (including phenoxy) is 1. The highest BCUT2D eigenvalue weighted by atomic mass is 79.9. The molecule has 0 unspecified atom stereocenters. The van der Waals surface area contributed by atoms with E-state index in [0.29, 0.717) is 6.54 Å². The lowest BCUT2D eigenvalue weighted by Crippen LogP contribution is -2.17. The molecule has 0 heterocycles. The molecule has 0 aliphatic carbocycles. The fourth-order valence-electron chi connectivity index (χ4n) is 1.83. The fourth-order valence-corrected chi connectivity index (χ4v) is 2.31. The lowest BCUT2D eigenvalue weighted by atomic mass is 10.1. The van der Waals surface area contributed by atoms with E-state index in [1.807, 2.05) is 25.1 Å². The number of hydrogen-bond acceptors (Lipinski definition) is 2. The van der Waals surface area contributed by atoms with Crippen LogP contribution in [0.5, 0.6) is 5.75 Å². The molecule has 0 spiro atoms. The summed E-state index contributed by atoms with van der Waals surface area (Å²) < 4.78 is 41.0. The van der Waals surface area contributed by atoms with Crippen molar-refractivity contribution >= 4 is 21.6 Å². The minimum absolute atomic E-state index is 0.217. The second kappa shape index (κ2) is 6.39. The zero-order chi connectivity index (χ0) is 15.5.